The van der Waals surface area contributed by atoms with E-state index in [2.05, 4.69) is 71.3 Å². The number of nitriles is 1. The second-order valence-corrected chi connectivity index (χ2v) is 19.1. The van der Waals surface area contributed by atoms with Gasteiger partial charge in [0.1, 0.15) is 0 Å². The maximum absolute atomic E-state index is 16.0. The zero-order valence-electron chi connectivity index (χ0n) is 40.9. The number of alkyl halides is 6. The number of rotatable bonds is 3. The monoisotopic (exact) mass is 897 g/mol. The van der Waals surface area contributed by atoms with Crippen LogP contribution in [0.25, 0.3) is 11.1 Å². The lowest BCUT2D eigenvalue weighted by Crippen LogP contribution is -2.27. The number of hydrogen-bond acceptors (Lipinski definition) is 3. The number of halogens is 6. The van der Waals surface area contributed by atoms with Crippen LogP contribution in [-0.4, -0.2) is 0 Å². The van der Waals surface area contributed by atoms with Crippen molar-refractivity contribution in [2.75, 3.05) is 9.80 Å². The van der Waals surface area contributed by atoms with Gasteiger partial charge in [-0.2, -0.15) is 31.6 Å². The number of fused-ring (bicyclic) bond motifs is 4. The lowest BCUT2D eigenvalue weighted by atomic mass is 9.79. The summed E-state index contributed by atoms with van der Waals surface area (Å²) in [6.07, 6.45) is -9.13. The minimum absolute atomic E-state index is 0.0729. The van der Waals surface area contributed by atoms with Gasteiger partial charge in [0, 0.05) is 18.4 Å². The summed E-state index contributed by atoms with van der Waals surface area (Å²) in [5.74, 6) is 0. The molecular weight excluding hydrogens is 841 g/mol. The van der Waals surface area contributed by atoms with E-state index in [1.165, 1.54) is 0 Å². The Labute approximate surface area is 385 Å². The Morgan fingerprint density at radius 2 is 0.712 bits per heavy atom. The van der Waals surface area contributed by atoms with Gasteiger partial charge in [-0.15, -0.1) is 0 Å². The Hall–Kier alpha value is -6.01. The van der Waals surface area contributed by atoms with Gasteiger partial charge in [-0.3, -0.25) is 0 Å². The molecule has 0 bridgehead atoms. The molecule has 342 valence electrons. The zero-order valence-corrected chi connectivity index (χ0v) is 40.9. The van der Waals surface area contributed by atoms with E-state index in [1.54, 1.807) is 12.1 Å². The average molecular weight is 898 g/mol. The summed E-state index contributed by atoms with van der Waals surface area (Å²) in [5, 5.41) is 11.2. The number of nitrogens with zero attached hydrogens (tertiary/aromatic N) is 3. The molecule has 6 aromatic rings. The van der Waals surface area contributed by atoms with Crippen LogP contribution in [0.4, 0.5) is 60.5 Å². The highest BCUT2D eigenvalue weighted by molar-refractivity contribution is 6.04. The smallest absolute Gasteiger partial charge is 0.309 e. The van der Waals surface area contributed by atoms with Gasteiger partial charge < -0.3 is 9.80 Å². The first-order valence-corrected chi connectivity index (χ1v) is 22.5. The van der Waals surface area contributed by atoms with Crippen LogP contribution in [0.5, 0.6) is 0 Å². The average Bonchev–Trinajstić information content (AvgIpc) is 3.28. The molecule has 0 saturated carbocycles. The van der Waals surface area contributed by atoms with Crippen molar-refractivity contribution in [3.63, 3.8) is 0 Å². The van der Waals surface area contributed by atoms with Crippen LogP contribution in [0, 0.1) is 122 Å². The van der Waals surface area contributed by atoms with Crippen molar-refractivity contribution in [3.05, 3.63) is 158 Å². The minimum atomic E-state index is -5.21. The Balaban J connectivity index is 1.70. The molecule has 0 fully saturated rings. The highest BCUT2D eigenvalue weighted by Crippen LogP contribution is 2.60. The summed E-state index contributed by atoms with van der Waals surface area (Å²) < 4.78 is 91.6. The Bertz CT molecular complexity index is 2890. The minimum Gasteiger partial charge on any atom is -0.309 e. The van der Waals surface area contributed by atoms with Gasteiger partial charge >= 0.3 is 12.4 Å². The van der Waals surface area contributed by atoms with Crippen LogP contribution in [-0.2, 0) is 25.2 Å². The van der Waals surface area contributed by atoms with Crippen molar-refractivity contribution in [2.45, 2.75) is 136 Å². The van der Waals surface area contributed by atoms with Crippen molar-refractivity contribution < 1.29 is 26.3 Å². The molecule has 0 saturated heterocycles. The van der Waals surface area contributed by atoms with Gasteiger partial charge in [-0.05, 0) is 252 Å². The van der Waals surface area contributed by atoms with E-state index < -0.39 is 29.0 Å². The van der Waals surface area contributed by atoms with Crippen molar-refractivity contribution in [2.24, 2.45) is 0 Å². The normalized spacial score (nSPS) is 13.4. The highest BCUT2D eigenvalue weighted by Gasteiger charge is 2.43. The molecule has 0 atom stereocenters. The first kappa shape index (κ1) is 46.5. The van der Waals surface area contributed by atoms with Crippen molar-refractivity contribution in [3.8, 4) is 17.2 Å². The standard InChI is InChI=1S/C57H57F6N3/c1-25-29(5)37(13)52-44(33(25)9)22-45-34(10)26(2)30(6)38(14)53(45)65(52)49-19-41(24-64)20-50(51(49)43-18-17-42(56(58,59)60)21-48(43)57(61,62)63)66-54-39(15)31(7)27(3)35(11)46(54)23-47-36(12)28(4)32(8)40(16)55(47)66/h17-21H,22-23H2,1-16H3. The second kappa shape index (κ2) is 15.5. The molecule has 0 spiro atoms. The van der Waals surface area contributed by atoms with E-state index >= 15 is 13.2 Å². The molecule has 3 nitrogen and oxygen atoms in total. The van der Waals surface area contributed by atoms with Crippen molar-refractivity contribution >= 4 is 34.1 Å². The Kier molecular flexibility index (Phi) is 11.0. The van der Waals surface area contributed by atoms with Crippen LogP contribution in [0.2, 0.25) is 0 Å². The summed E-state index contributed by atoms with van der Waals surface area (Å²) in [7, 11) is 0. The van der Waals surface area contributed by atoms with E-state index in [4.69, 9.17) is 0 Å². The van der Waals surface area contributed by atoms with Crippen LogP contribution >= 0.6 is 0 Å². The second-order valence-electron chi connectivity index (χ2n) is 19.1. The summed E-state index contributed by atoms with van der Waals surface area (Å²) in [4.78, 5) is 4.11. The first-order valence-electron chi connectivity index (χ1n) is 22.5. The molecule has 2 heterocycles. The largest absolute Gasteiger partial charge is 0.417 e. The third-order valence-electron chi connectivity index (χ3n) is 16.4. The third kappa shape index (κ3) is 6.60. The Morgan fingerprint density at radius 1 is 0.409 bits per heavy atom. The maximum atomic E-state index is 16.0. The van der Waals surface area contributed by atoms with Crippen LogP contribution in [0.15, 0.2) is 30.3 Å². The maximum Gasteiger partial charge on any atom is 0.417 e. The van der Waals surface area contributed by atoms with Crippen LogP contribution in [0.3, 0.4) is 0 Å². The lowest BCUT2D eigenvalue weighted by molar-refractivity contribution is -0.142. The SMILES string of the molecule is Cc1c(C)c(C)c2c(c1C)Cc1c(C)c(C)c(C)c(C)c1N2c1cc(C#N)cc(N2c3c(C)c(C)c(C)c(C)c3Cc3c(C)c(C)c(C)c(C)c32)c1-c1ccc(C(F)(F)F)cc1C(F)(F)F. The van der Waals surface area contributed by atoms with Gasteiger partial charge in [0.25, 0.3) is 0 Å². The molecule has 6 aromatic carbocycles. The highest BCUT2D eigenvalue weighted by atomic mass is 19.4. The molecular formula is C57H57F6N3. The van der Waals surface area contributed by atoms with Gasteiger partial charge in [-0.25, -0.2) is 0 Å². The molecule has 0 aromatic heterocycles. The van der Waals surface area contributed by atoms with Gasteiger partial charge in [0.05, 0.1) is 56.9 Å². The van der Waals surface area contributed by atoms with E-state index in [1.807, 2.05) is 55.4 Å². The molecule has 2 aliphatic rings. The van der Waals surface area contributed by atoms with E-state index in [9.17, 15) is 18.4 Å². The van der Waals surface area contributed by atoms with Gasteiger partial charge in [0.15, 0.2) is 0 Å². The van der Waals surface area contributed by atoms with E-state index in [0.29, 0.717) is 12.8 Å². The van der Waals surface area contributed by atoms with Crippen molar-refractivity contribution in [1.29, 1.82) is 5.26 Å². The molecule has 0 aliphatic carbocycles. The van der Waals surface area contributed by atoms with Crippen LogP contribution in [0.1, 0.15) is 128 Å². The van der Waals surface area contributed by atoms with Gasteiger partial charge in [0.2, 0.25) is 0 Å². The quantitative estimate of drug-likeness (QED) is 0.166. The number of hydrogen-bond donors (Lipinski definition) is 0. The topological polar surface area (TPSA) is 30.3 Å². The predicted octanol–water partition coefficient (Wildman–Crippen LogP) is 16.9. The molecule has 9 heteroatoms. The molecule has 0 unspecified atom stereocenters. The summed E-state index contributed by atoms with van der Waals surface area (Å²) in [5.41, 5.74) is 21.3. The lowest BCUT2D eigenvalue weighted by Gasteiger charge is -2.43. The fourth-order valence-corrected chi connectivity index (χ4v) is 11.1. The molecule has 0 radical (unpaired) electrons. The number of anilines is 6. The first-order chi connectivity index (χ1) is 30.7. The number of benzene rings is 6. The molecule has 2 aliphatic heterocycles. The fourth-order valence-electron chi connectivity index (χ4n) is 11.1. The van der Waals surface area contributed by atoms with Crippen LogP contribution < -0.4 is 9.80 Å². The predicted molar refractivity (Wildman–Crippen MR) is 257 cm³/mol. The van der Waals surface area contributed by atoms with E-state index in [-0.39, 0.29) is 28.6 Å². The summed E-state index contributed by atoms with van der Waals surface area (Å²) in [6, 6.07) is 7.68. The van der Waals surface area contributed by atoms with E-state index in [0.717, 1.165) is 146 Å². The summed E-state index contributed by atoms with van der Waals surface area (Å²) in [6.45, 7) is 33.0. The third-order valence-corrected chi connectivity index (χ3v) is 16.4. The Morgan fingerprint density at radius 3 is 0.985 bits per heavy atom. The fraction of sp³-hybridized carbons (Fsp3) is 0.351. The molecule has 66 heavy (non-hydrogen) atoms. The van der Waals surface area contributed by atoms with Crippen molar-refractivity contribution in [1.82, 2.24) is 0 Å². The molecule has 0 N–H and O–H groups in total. The molecule has 0 amide bonds. The zero-order chi connectivity index (χ0) is 48.7. The molecule has 8 rings (SSSR count). The van der Waals surface area contributed by atoms with Gasteiger partial charge in [-0.1, -0.05) is 6.07 Å². The summed E-state index contributed by atoms with van der Waals surface area (Å²) >= 11 is 0.